The van der Waals surface area contributed by atoms with Gasteiger partial charge in [-0.3, -0.25) is 15.7 Å². The van der Waals surface area contributed by atoms with Crippen LogP contribution in [0.4, 0.5) is 0 Å². The minimum atomic E-state index is 0.283. The summed E-state index contributed by atoms with van der Waals surface area (Å²) in [4.78, 5) is 8.68. The fourth-order valence-corrected chi connectivity index (χ4v) is 2.34. The van der Waals surface area contributed by atoms with Crippen molar-refractivity contribution in [2.24, 2.45) is 4.99 Å². The van der Waals surface area contributed by atoms with E-state index in [1.807, 2.05) is 30.3 Å². The number of nitrogens with one attached hydrogen (secondary N) is 1. The van der Waals surface area contributed by atoms with E-state index in [4.69, 9.17) is 9.47 Å². The van der Waals surface area contributed by atoms with Crippen LogP contribution in [0.1, 0.15) is 11.1 Å². The van der Waals surface area contributed by atoms with Gasteiger partial charge in [-0.2, -0.15) is 0 Å². The van der Waals surface area contributed by atoms with E-state index in [0.29, 0.717) is 23.7 Å². The van der Waals surface area contributed by atoms with E-state index in [1.54, 1.807) is 49.7 Å². The summed E-state index contributed by atoms with van der Waals surface area (Å²) in [6.07, 6.45) is 1.62. The summed E-state index contributed by atoms with van der Waals surface area (Å²) in [7, 11) is 1.61. The van der Waals surface area contributed by atoms with Crippen molar-refractivity contribution in [2.45, 2.75) is 6.54 Å². The second-order valence-corrected chi connectivity index (χ2v) is 5.40. The molecule has 0 amide bonds. The molecule has 2 aromatic carbocycles. The molecule has 0 saturated carbocycles. The minimum absolute atomic E-state index is 0.283. The Morgan fingerprint density at radius 1 is 1.00 bits per heavy atom. The Kier molecular flexibility index (Phi) is 5.80. The first kappa shape index (κ1) is 17.4. The van der Waals surface area contributed by atoms with Crippen LogP contribution in [0.15, 0.2) is 77.9 Å². The third kappa shape index (κ3) is 4.37. The molecule has 0 bridgehead atoms. The van der Waals surface area contributed by atoms with Crippen LogP contribution in [0.3, 0.4) is 0 Å². The van der Waals surface area contributed by atoms with Crippen LogP contribution < -0.4 is 15.0 Å². The number of ether oxygens (including phenoxy) is 2. The van der Waals surface area contributed by atoms with Gasteiger partial charge in [0.15, 0.2) is 5.84 Å². The molecule has 0 fully saturated rings. The quantitative estimate of drug-likeness (QED) is 0.402. The zero-order valence-corrected chi connectivity index (χ0v) is 14.3. The third-order valence-electron chi connectivity index (χ3n) is 3.67. The molecule has 1 aromatic heterocycles. The summed E-state index contributed by atoms with van der Waals surface area (Å²) in [6, 6.07) is 20.5. The average Bonchev–Trinajstić information content (AvgIpc) is 2.71. The molecule has 0 radical (unpaired) electrons. The zero-order chi connectivity index (χ0) is 18.2. The van der Waals surface area contributed by atoms with E-state index in [2.05, 4.69) is 15.5 Å². The van der Waals surface area contributed by atoms with Gasteiger partial charge in [-0.05, 0) is 42.0 Å². The lowest BCUT2D eigenvalue weighted by Gasteiger charge is -2.11. The smallest absolute Gasteiger partial charge is 0.230 e. The van der Waals surface area contributed by atoms with Crippen LogP contribution in [-0.2, 0) is 6.54 Å². The molecule has 1 heterocycles. The Morgan fingerprint density at radius 2 is 1.73 bits per heavy atom. The van der Waals surface area contributed by atoms with Gasteiger partial charge >= 0.3 is 0 Å². The van der Waals surface area contributed by atoms with Gasteiger partial charge in [0.05, 0.1) is 19.2 Å². The molecule has 3 aromatic rings. The standard InChI is InChI=1S/C20H19N3O3/c1-25-16-9-11-17(12-10-16)26-20-18(8-5-13-21-20)19(23-24)22-14-15-6-3-2-4-7-15/h2-13,24H,14H2,1H3,(H,22,23). The number of pyridine rings is 1. The van der Waals surface area contributed by atoms with Crippen molar-refractivity contribution < 1.29 is 14.7 Å². The first-order chi connectivity index (χ1) is 12.8. The Bertz CT molecular complexity index is 865. The highest BCUT2D eigenvalue weighted by molar-refractivity contribution is 6.00. The van der Waals surface area contributed by atoms with Crippen LogP contribution in [0.5, 0.6) is 17.4 Å². The SMILES string of the molecule is COc1ccc(Oc2ncccc2C(=NCc2ccccc2)NO)cc1. The highest BCUT2D eigenvalue weighted by Gasteiger charge is 2.12. The zero-order valence-electron chi connectivity index (χ0n) is 14.3. The molecule has 132 valence electrons. The van der Waals surface area contributed by atoms with Crippen LogP contribution in [0, 0.1) is 0 Å². The second-order valence-electron chi connectivity index (χ2n) is 5.40. The maximum absolute atomic E-state index is 9.54. The maximum Gasteiger partial charge on any atom is 0.230 e. The molecule has 6 heteroatoms. The van der Waals surface area contributed by atoms with E-state index in [0.717, 1.165) is 11.3 Å². The number of aromatic nitrogens is 1. The first-order valence-corrected chi connectivity index (χ1v) is 8.06. The van der Waals surface area contributed by atoms with Crippen LogP contribution in [-0.4, -0.2) is 23.1 Å². The molecule has 0 atom stereocenters. The lowest BCUT2D eigenvalue weighted by Crippen LogP contribution is -2.21. The molecule has 26 heavy (non-hydrogen) atoms. The summed E-state index contributed by atoms with van der Waals surface area (Å²) in [5.41, 5.74) is 3.73. The van der Waals surface area contributed by atoms with Crippen molar-refractivity contribution in [3.63, 3.8) is 0 Å². The number of benzene rings is 2. The number of methoxy groups -OCH3 is 1. The Hall–Kier alpha value is -3.38. The fraction of sp³-hybridized carbons (Fsp3) is 0.100. The Labute approximate surface area is 151 Å². The number of hydrogen-bond acceptors (Lipinski definition) is 5. The second kappa shape index (κ2) is 8.64. The number of nitrogens with zero attached hydrogens (tertiary/aromatic N) is 2. The molecular formula is C20H19N3O3. The summed E-state index contributed by atoms with van der Waals surface area (Å²) in [6.45, 7) is 0.417. The van der Waals surface area contributed by atoms with Crippen LogP contribution in [0.25, 0.3) is 0 Å². The van der Waals surface area contributed by atoms with Gasteiger partial charge in [-0.25, -0.2) is 4.98 Å². The summed E-state index contributed by atoms with van der Waals surface area (Å²) >= 11 is 0. The molecule has 0 aliphatic rings. The van der Waals surface area contributed by atoms with Gasteiger partial charge in [0.1, 0.15) is 11.5 Å². The summed E-state index contributed by atoms with van der Waals surface area (Å²) in [5.74, 6) is 1.96. The number of aliphatic imine (C=N–C) groups is 1. The lowest BCUT2D eigenvalue weighted by molar-refractivity contribution is 0.234. The van der Waals surface area contributed by atoms with Crippen LogP contribution >= 0.6 is 0 Å². The molecule has 3 rings (SSSR count). The first-order valence-electron chi connectivity index (χ1n) is 8.06. The predicted octanol–water partition coefficient (Wildman–Crippen LogP) is 3.81. The van der Waals surface area contributed by atoms with Crippen molar-refractivity contribution >= 4 is 5.84 Å². The largest absolute Gasteiger partial charge is 0.497 e. The number of hydroxylamine groups is 1. The number of rotatable bonds is 6. The van der Waals surface area contributed by atoms with Gasteiger partial charge in [0.2, 0.25) is 5.88 Å². The predicted molar refractivity (Wildman–Crippen MR) is 98.9 cm³/mol. The Morgan fingerprint density at radius 3 is 2.42 bits per heavy atom. The number of amidine groups is 1. The average molecular weight is 349 g/mol. The van der Waals surface area contributed by atoms with Gasteiger partial charge in [0.25, 0.3) is 0 Å². The van der Waals surface area contributed by atoms with Gasteiger partial charge < -0.3 is 9.47 Å². The molecule has 6 nitrogen and oxygen atoms in total. The Balaban J connectivity index is 1.84. The van der Waals surface area contributed by atoms with Gasteiger partial charge in [0, 0.05) is 6.20 Å². The van der Waals surface area contributed by atoms with E-state index in [9.17, 15) is 5.21 Å². The minimum Gasteiger partial charge on any atom is -0.497 e. The van der Waals surface area contributed by atoms with Crippen molar-refractivity contribution in [1.82, 2.24) is 10.5 Å². The molecule has 0 spiro atoms. The number of hydrogen-bond donors (Lipinski definition) is 2. The van der Waals surface area contributed by atoms with E-state index in [-0.39, 0.29) is 5.84 Å². The normalized spacial score (nSPS) is 11.1. The highest BCUT2D eigenvalue weighted by atomic mass is 16.5. The summed E-state index contributed by atoms with van der Waals surface area (Å²) < 4.78 is 11.0. The van der Waals surface area contributed by atoms with Crippen molar-refractivity contribution in [3.05, 3.63) is 84.1 Å². The van der Waals surface area contributed by atoms with Crippen molar-refractivity contribution in [3.8, 4) is 17.4 Å². The van der Waals surface area contributed by atoms with Crippen molar-refractivity contribution in [1.29, 1.82) is 0 Å². The molecule has 0 unspecified atom stereocenters. The van der Waals surface area contributed by atoms with Gasteiger partial charge in [-0.1, -0.05) is 30.3 Å². The molecule has 0 saturated heterocycles. The monoisotopic (exact) mass is 349 g/mol. The fourth-order valence-electron chi connectivity index (χ4n) is 2.34. The molecule has 0 aliphatic carbocycles. The third-order valence-corrected chi connectivity index (χ3v) is 3.67. The van der Waals surface area contributed by atoms with E-state index < -0.39 is 0 Å². The molecule has 2 N–H and O–H groups in total. The lowest BCUT2D eigenvalue weighted by atomic mass is 10.2. The highest BCUT2D eigenvalue weighted by Crippen LogP contribution is 2.25. The summed E-state index contributed by atoms with van der Waals surface area (Å²) in [5, 5.41) is 9.54. The molecule has 0 aliphatic heterocycles. The topological polar surface area (TPSA) is 76.0 Å². The van der Waals surface area contributed by atoms with Crippen molar-refractivity contribution in [2.75, 3.05) is 7.11 Å². The molecular weight excluding hydrogens is 330 g/mol. The maximum atomic E-state index is 9.54. The van der Waals surface area contributed by atoms with E-state index in [1.165, 1.54) is 0 Å². The van der Waals surface area contributed by atoms with Crippen LogP contribution in [0.2, 0.25) is 0 Å². The van der Waals surface area contributed by atoms with E-state index >= 15 is 0 Å². The van der Waals surface area contributed by atoms with Gasteiger partial charge in [-0.15, -0.1) is 0 Å².